The predicted octanol–water partition coefficient (Wildman–Crippen LogP) is 3.88. The molecule has 1 aliphatic rings. The van der Waals surface area contributed by atoms with Crippen molar-refractivity contribution in [3.63, 3.8) is 0 Å². The van der Waals surface area contributed by atoms with E-state index < -0.39 is 0 Å². The first kappa shape index (κ1) is 9.85. The third-order valence-corrected chi connectivity index (χ3v) is 2.79. The first-order valence-electron chi connectivity index (χ1n) is 5.43. The van der Waals surface area contributed by atoms with Gasteiger partial charge in [-0.2, -0.15) is 0 Å². The Balaban J connectivity index is 2.28. The van der Waals surface area contributed by atoms with Gasteiger partial charge in [-0.05, 0) is 18.9 Å². The third kappa shape index (κ3) is 1.54. The largest absolute Gasteiger partial charge is 0.456 e. The highest BCUT2D eigenvalue weighted by Gasteiger charge is 2.20. The number of benzene rings is 2. The molecule has 0 spiro atoms. The van der Waals surface area contributed by atoms with E-state index in [0.29, 0.717) is 0 Å². The second-order valence-electron chi connectivity index (χ2n) is 3.82. The summed E-state index contributed by atoms with van der Waals surface area (Å²) in [5.41, 5.74) is 3.16. The van der Waals surface area contributed by atoms with Gasteiger partial charge < -0.3 is 4.74 Å². The van der Waals surface area contributed by atoms with E-state index in [2.05, 4.69) is 11.7 Å². The van der Waals surface area contributed by atoms with E-state index in [4.69, 9.17) is 4.74 Å². The number of ether oxygens (including phenoxy) is 1. The van der Waals surface area contributed by atoms with Crippen molar-refractivity contribution in [1.82, 2.24) is 0 Å². The molecule has 2 aromatic carbocycles. The van der Waals surface area contributed by atoms with Gasteiger partial charge in [0.05, 0.1) is 0 Å². The van der Waals surface area contributed by atoms with Crippen LogP contribution in [0, 0.1) is 0 Å². The summed E-state index contributed by atoms with van der Waals surface area (Å²) in [6.07, 6.45) is 1.78. The minimum atomic E-state index is 0.862. The van der Waals surface area contributed by atoms with Crippen molar-refractivity contribution in [1.29, 1.82) is 0 Å². The fraction of sp³-hybridized carbons (Fsp3) is 0. The van der Waals surface area contributed by atoms with Gasteiger partial charge in [-0.25, -0.2) is 0 Å². The molecule has 0 bridgehead atoms. The SMILES string of the molecule is C=NC=C1c2ccccc2Oc2ccccc21. The van der Waals surface area contributed by atoms with Crippen LogP contribution in [0.3, 0.4) is 0 Å². The van der Waals surface area contributed by atoms with Gasteiger partial charge in [0.25, 0.3) is 0 Å². The summed E-state index contributed by atoms with van der Waals surface area (Å²) >= 11 is 0. The number of nitrogens with zero attached hydrogens (tertiary/aromatic N) is 1. The Morgan fingerprint density at radius 1 is 0.882 bits per heavy atom. The number of fused-ring (bicyclic) bond motifs is 2. The zero-order valence-corrected chi connectivity index (χ0v) is 9.26. The number of hydrogen-bond donors (Lipinski definition) is 0. The predicted molar refractivity (Wildman–Crippen MR) is 69.6 cm³/mol. The molecule has 0 unspecified atom stereocenters. The Morgan fingerprint density at radius 2 is 1.41 bits per heavy atom. The summed E-state index contributed by atoms with van der Waals surface area (Å²) in [5, 5.41) is 0. The van der Waals surface area contributed by atoms with Crippen molar-refractivity contribution in [2.75, 3.05) is 0 Å². The molecule has 2 heteroatoms. The Morgan fingerprint density at radius 3 is 1.94 bits per heavy atom. The molecule has 0 amide bonds. The van der Waals surface area contributed by atoms with Crippen LogP contribution in [0.2, 0.25) is 0 Å². The highest BCUT2D eigenvalue weighted by Crippen LogP contribution is 2.42. The van der Waals surface area contributed by atoms with Gasteiger partial charge in [0.2, 0.25) is 0 Å². The van der Waals surface area contributed by atoms with E-state index in [1.165, 1.54) is 0 Å². The summed E-state index contributed by atoms with van der Waals surface area (Å²) in [7, 11) is 0. The molecule has 0 atom stereocenters. The van der Waals surface area contributed by atoms with Crippen molar-refractivity contribution in [2.24, 2.45) is 4.99 Å². The number of hydrogen-bond acceptors (Lipinski definition) is 2. The standard InChI is InChI=1S/C15H11NO/c1-16-10-13-11-6-2-4-8-14(11)17-15-9-5-3-7-12(13)15/h2-10H,1H2. The Labute approximate surface area is 99.9 Å². The van der Waals surface area contributed by atoms with E-state index >= 15 is 0 Å². The third-order valence-electron chi connectivity index (χ3n) is 2.79. The molecule has 0 fully saturated rings. The van der Waals surface area contributed by atoms with E-state index in [-0.39, 0.29) is 0 Å². The van der Waals surface area contributed by atoms with Gasteiger partial charge in [-0.3, -0.25) is 4.99 Å². The molecule has 82 valence electrons. The Hall–Kier alpha value is -2.35. The van der Waals surface area contributed by atoms with Crippen molar-refractivity contribution in [2.45, 2.75) is 0 Å². The van der Waals surface area contributed by atoms with Crippen LogP contribution in [0.5, 0.6) is 11.5 Å². The summed E-state index contributed by atoms with van der Waals surface area (Å²) in [6, 6.07) is 15.9. The van der Waals surface area contributed by atoms with Gasteiger partial charge in [0, 0.05) is 22.9 Å². The van der Waals surface area contributed by atoms with Crippen LogP contribution in [0.25, 0.3) is 5.57 Å². The highest BCUT2D eigenvalue weighted by atomic mass is 16.5. The smallest absolute Gasteiger partial charge is 0.135 e. The highest BCUT2D eigenvalue weighted by molar-refractivity contribution is 5.87. The molecule has 0 aromatic heterocycles. The summed E-state index contributed by atoms with van der Waals surface area (Å²) in [4.78, 5) is 3.89. The number of rotatable bonds is 1. The zero-order valence-electron chi connectivity index (χ0n) is 9.26. The van der Waals surface area contributed by atoms with Crippen molar-refractivity contribution < 1.29 is 4.74 Å². The summed E-state index contributed by atoms with van der Waals surface area (Å²) in [6.45, 7) is 3.53. The van der Waals surface area contributed by atoms with Gasteiger partial charge in [0.1, 0.15) is 11.5 Å². The normalized spacial score (nSPS) is 12.1. The molecule has 3 rings (SSSR count). The molecule has 0 N–H and O–H groups in total. The fourth-order valence-corrected chi connectivity index (χ4v) is 2.05. The first-order valence-corrected chi connectivity index (χ1v) is 5.43. The lowest BCUT2D eigenvalue weighted by atomic mass is 9.95. The topological polar surface area (TPSA) is 21.6 Å². The van der Waals surface area contributed by atoms with Crippen LogP contribution < -0.4 is 4.74 Å². The van der Waals surface area contributed by atoms with Gasteiger partial charge in [-0.15, -0.1) is 0 Å². The first-order chi connectivity index (χ1) is 8.40. The molecule has 0 saturated carbocycles. The number of para-hydroxylation sites is 2. The van der Waals surface area contributed by atoms with Crippen molar-refractivity contribution in [3.8, 4) is 11.5 Å². The molecule has 1 heterocycles. The van der Waals surface area contributed by atoms with E-state index in [1.807, 2.05) is 48.5 Å². The maximum Gasteiger partial charge on any atom is 0.135 e. The lowest BCUT2D eigenvalue weighted by Crippen LogP contribution is -2.01. The average Bonchev–Trinajstić information content (AvgIpc) is 2.39. The minimum Gasteiger partial charge on any atom is -0.456 e. The van der Waals surface area contributed by atoms with Gasteiger partial charge in [-0.1, -0.05) is 36.4 Å². The maximum atomic E-state index is 5.85. The van der Waals surface area contributed by atoms with Crippen molar-refractivity contribution >= 4 is 12.3 Å². The van der Waals surface area contributed by atoms with Crippen LogP contribution >= 0.6 is 0 Å². The van der Waals surface area contributed by atoms with Gasteiger partial charge >= 0.3 is 0 Å². The van der Waals surface area contributed by atoms with Crippen LogP contribution in [-0.2, 0) is 0 Å². The molecule has 2 aromatic rings. The van der Waals surface area contributed by atoms with Crippen LogP contribution in [0.15, 0.2) is 59.7 Å². The average molecular weight is 221 g/mol. The molecule has 0 radical (unpaired) electrons. The Kier molecular flexibility index (Phi) is 2.26. The number of aliphatic imine (C=N–C) groups is 1. The van der Waals surface area contributed by atoms with E-state index in [1.54, 1.807) is 6.20 Å². The molecular formula is C15H11NO. The van der Waals surface area contributed by atoms with Crippen LogP contribution in [0.4, 0.5) is 0 Å². The molecule has 17 heavy (non-hydrogen) atoms. The molecule has 2 nitrogen and oxygen atoms in total. The summed E-state index contributed by atoms with van der Waals surface area (Å²) in [5.74, 6) is 1.72. The Bertz CT molecular complexity index is 566. The van der Waals surface area contributed by atoms with Gasteiger partial charge in [0.15, 0.2) is 0 Å². The molecule has 0 saturated heterocycles. The lowest BCUT2D eigenvalue weighted by molar-refractivity contribution is 0.474. The minimum absolute atomic E-state index is 0.862. The molecule has 0 aliphatic carbocycles. The second kappa shape index (κ2) is 3.91. The monoisotopic (exact) mass is 221 g/mol. The molecule has 1 aliphatic heterocycles. The van der Waals surface area contributed by atoms with Crippen molar-refractivity contribution in [3.05, 3.63) is 65.9 Å². The molecular weight excluding hydrogens is 210 g/mol. The quantitative estimate of drug-likeness (QED) is 0.571. The second-order valence-corrected chi connectivity index (χ2v) is 3.82. The van der Waals surface area contributed by atoms with Crippen LogP contribution in [0.1, 0.15) is 11.1 Å². The van der Waals surface area contributed by atoms with E-state index in [0.717, 1.165) is 28.2 Å². The van der Waals surface area contributed by atoms with E-state index in [9.17, 15) is 0 Å². The summed E-state index contributed by atoms with van der Waals surface area (Å²) < 4.78 is 5.85. The maximum absolute atomic E-state index is 5.85. The lowest BCUT2D eigenvalue weighted by Gasteiger charge is -2.22. The zero-order chi connectivity index (χ0) is 11.7. The van der Waals surface area contributed by atoms with Crippen LogP contribution in [-0.4, -0.2) is 6.72 Å². The fourth-order valence-electron chi connectivity index (χ4n) is 2.05.